The molecule has 0 unspecified atom stereocenters. The summed E-state index contributed by atoms with van der Waals surface area (Å²) in [6.07, 6.45) is 1.76. The molecule has 0 aliphatic rings. The molecule has 1 rings (SSSR count). The Morgan fingerprint density at radius 2 is 2.29 bits per heavy atom. The summed E-state index contributed by atoms with van der Waals surface area (Å²) in [5, 5.41) is 9.03. The number of carboxylic acid groups (broad SMARTS) is 1. The van der Waals surface area contributed by atoms with Gasteiger partial charge in [-0.3, -0.25) is 0 Å². The number of likely N-dealkylation sites (N-methyl/N-ethyl adjacent to an activating group) is 1. The Hall–Kier alpha value is -1.62. The monoisotopic (exact) mass is 238 g/mol. The minimum absolute atomic E-state index is 0.172. The predicted octanol–water partition coefficient (Wildman–Crippen LogP) is 1.64. The Bertz CT molecular complexity index is 380. The lowest BCUT2D eigenvalue weighted by molar-refractivity contribution is 0.0695. The van der Waals surface area contributed by atoms with Crippen molar-refractivity contribution in [3.8, 4) is 0 Å². The highest BCUT2D eigenvalue weighted by atomic mass is 16.5. The second-order valence-electron chi connectivity index (χ2n) is 4.02. The molecular weight excluding hydrogens is 220 g/mol. The van der Waals surface area contributed by atoms with Crippen LogP contribution in [0.25, 0.3) is 0 Å². The van der Waals surface area contributed by atoms with Crippen LogP contribution in [0.15, 0.2) is 18.3 Å². The molecule has 0 fully saturated rings. The van der Waals surface area contributed by atoms with Crippen molar-refractivity contribution in [1.82, 2.24) is 4.98 Å². The van der Waals surface area contributed by atoms with Crippen molar-refractivity contribution >= 4 is 11.8 Å². The number of rotatable bonds is 6. The number of aromatic nitrogens is 1. The first kappa shape index (κ1) is 13.4. The van der Waals surface area contributed by atoms with E-state index in [0.717, 1.165) is 0 Å². The zero-order valence-corrected chi connectivity index (χ0v) is 10.4. The Morgan fingerprint density at radius 3 is 2.88 bits per heavy atom. The molecule has 1 heterocycles. The summed E-state index contributed by atoms with van der Waals surface area (Å²) in [5.41, 5.74) is 0.208. The zero-order chi connectivity index (χ0) is 12.8. The van der Waals surface area contributed by atoms with Crippen molar-refractivity contribution in [1.29, 1.82) is 0 Å². The summed E-state index contributed by atoms with van der Waals surface area (Å²) in [6.45, 7) is 5.08. The molecule has 0 spiro atoms. The number of anilines is 1. The van der Waals surface area contributed by atoms with Gasteiger partial charge in [0, 0.05) is 19.8 Å². The third-order valence-electron chi connectivity index (χ3n) is 2.26. The molecular formula is C12H18N2O3. The van der Waals surface area contributed by atoms with Crippen molar-refractivity contribution < 1.29 is 14.6 Å². The molecule has 94 valence electrons. The Kier molecular flexibility index (Phi) is 4.90. The van der Waals surface area contributed by atoms with Crippen molar-refractivity contribution in [2.45, 2.75) is 20.0 Å². The summed E-state index contributed by atoms with van der Waals surface area (Å²) in [6, 6.07) is 3.16. The first-order chi connectivity index (χ1) is 8.02. The van der Waals surface area contributed by atoms with E-state index in [1.165, 1.54) is 0 Å². The first-order valence-corrected chi connectivity index (χ1v) is 5.53. The molecule has 0 saturated carbocycles. The van der Waals surface area contributed by atoms with Gasteiger partial charge < -0.3 is 14.7 Å². The summed E-state index contributed by atoms with van der Waals surface area (Å²) in [7, 11) is 1.80. The smallest absolute Gasteiger partial charge is 0.339 e. The maximum absolute atomic E-state index is 11.0. The Morgan fingerprint density at radius 1 is 1.59 bits per heavy atom. The third kappa shape index (κ3) is 4.03. The van der Waals surface area contributed by atoms with Gasteiger partial charge in [0.1, 0.15) is 11.4 Å². The van der Waals surface area contributed by atoms with Crippen molar-refractivity contribution in [2.24, 2.45) is 0 Å². The average Bonchev–Trinajstić information content (AvgIpc) is 2.28. The van der Waals surface area contributed by atoms with E-state index >= 15 is 0 Å². The number of pyridine rings is 1. The normalized spacial score (nSPS) is 10.6. The van der Waals surface area contributed by atoms with Gasteiger partial charge >= 0.3 is 5.97 Å². The van der Waals surface area contributed by atoms with Crippen LogP contribution in [0.5, 0.6) is 0 Å². The number of ether oxygens (including phenoxy) is 1. The van der Waals surface area contributed by atoms with Gasteiger partial charge in [0.2, 0.25) is 0 Å². The summed E-state index contributed by atoms with van der Waals surface area (Å²) in [4.78, 5) is 16.9. The second kappa shape index (κ2) is 6.20. The average molecular weight is 238 g/mol. The molecule has 1 aromatic heterocycles. The van der Waals surface area contributed by atoms with Crippen LogP contribution in [0.1, 0.15) is 24.2 Å². The van der Waals surface area contributed by atoms with E-state index in [2.05, 4.69) is 4.98 Å². The van der Waals surface area contributed by atoms with Crippen LogP contribution < -0.4 is 4.90 Å². The number of aromatic carboxylic acids is 1. The van der Waals surface area contributed by atoms with Crippen LogP contribution in [-0.2, 0) is 4.74 Å². The lowest BCUT2D eigenvalue weighted by Gasteiger charge is -2.20. The lowest BCUT2D eigenvalue weighted by atomic mass is 10.2. The van der Waals surface area contributed by atoms with Gasteiger partial charge in [-0.15, -0.1) is 0 Å². The fourth-order valence-electron chi connectivity index (χ4n) is 1.40. The molecule has 0 atom stereocenters. The van der Waals surface area contributed by atoms with E-state index < -0.39 is 5.97 Å². The van der Waals surface area contributed by atoms with E-state index in [1.54, 1.807) is 30.3 Å². The van der Waals surface area contributed by atoms with Crippen molar-refractivity contribution in [3.63, 3.8) is 0 Å². The Labute approximate surface area is 101 Å². The number of hydrogen-bond donors (Lipinski definition) is 1. The van der Waals surface area contributed by atoms with Gasteiger partial charge in [0.05, 0.1) is 12.7 Å². The maximum atomic E-state index is 11.0. The maximum Gasteiger partial charge on any atom is 0.339 e. The van der Waals surface area contributed by atoms with Crippen LogP contribution in [0.2, 0.25) is 0 Å². The standard InChI is InChI=1S/C12H18N2O3/c1-9(2)17-8-7-14(3)11-10(12(15)16)5-4-6-13-11/h4-6,9H,7-8H2,1-3H3,(H,15,16). The Balaban J connectivity index is 2.68. The summed E-state index contributed by atoms with van der Waals surface area (Å²) in [5.74, 6) is -0.503. The molecule has 5 heteroatoms. The van der Waals surface area contributed by atoms with Crippen LogP contribution in [0, 0.1) is 0 Å². The molecule has 0 radical (unpaired) electrons. The third-order valence-corrected chi connectivity index (χ3v) is 2.26. The number of carbonyl (C=O) groups is 1. The number of carboxylic acids is 1. The molecule has 17 heavy (non-hydrogen) atoms. The molecule has 1 N–H and O–H groups in total. The van der Waals surface area contributed by atoms with Gasteiger partial charge in [0.15, 0.2) is 0 Å². The summed E-state index contributed by atoms with van der Waals surface area (Å²) >= 11 is 0. The predicted molar refractivity (Wildman–Crippen MR) is 65.6 cm³/mol. The number of hydrogen-bond acceptors (Lipinski definition) is 4. The molecule has 5 nitrogen and oxygen atoms in total. The minimum Gasteiger partial charge on any atom is -0.478 e. The van der Waals surface area contributed by atoms with Crippen LogP contribution in [-0.4, -0.2) is 42.4 Å². The quantitative estimate of drug-likeness (QED) is 0.816. The topological polar surface area (TPSA) is 62.7 Å². The van der Waals surface area contributed by atoms with E-state index in [-0.39, 0.29) is 11.7 Å². The lowest BCUT2D eigenvalue weighted by Crippen LogP contribution is -2.26. The van der Waals surface area contributed by atoms with Gasteiger partial charge in [-0.2, -0.15) is 0 Å². The zero-order valence-electron chi connectivity index (χ0n) is 10.4. The highest BCUT2D eigenvalue weighted by molar-refractivity contribution is 5.93. The molecule has 1 aromatic rings. The van der Waals surface area contributed by atoms with Crippen molar-refractivity contribution in [3.05, 3.63) is 23.9 Å². The minimum atomic E-state index is -0.968. The van der Waals surface area contributed by atoms with E-state index in [4.69, 9.17) is 9.84 Å². The first-order valence-electron chi connectivity index (χ1n) is 5.53. The van der Waals surface area contributed by atoms with Crippen LogP contribution >= 0.6 is 0 Å². The number of nitrogens with zero attached hydrogens (tertiary/aromatic N) is 2. The molecule has 0 amide bonds. The fraction of sp³-hybridized carbons (Fsp3) is 0.500. The molecule has 0 aliphatic heterocycles. The molecule has 0 saturated heterocycles. The van der Waals surface area contributed by atoms with E-state index in [9.17, 15) is 4.79 Å². The second-order valence-corrected chi connectivity index (χ2v) is 4.02. The highest BCUT2D eigenvalue weighted by Crippen LogP contribution is 2.15. The van der Waals surface area contributed by atoms with Crippen LogP contribution in [0.4, 0.5) is 5.82 Å². The van der Waals surface area contributed by atoms with Crippen molar-refractivity contribution in [2.75, 3.05) is 25.1 Å². The summed E-state index contributed by atoms with van der Waals surface area (Å²) < 4.78 is 5.42. The van der Waals surface area contributed by atoms with Crippen LogP contribution in [0.3, 0.4) is 0 Å². The van der Waals surface area contributed by atoms with Gasteiger partial charge in [-0.05, 0) is 26.0 Å². The van der Waals surface area contributed by atoms with Gasteiger partial charge in [-0.25, -0.2) is 9.78 Å². The molecule has 0 aliphatic carbocycles. The molecule has 0 bridgehead atoms. The van der Waals surface area contributed by atoms with E-state index in [0.29, 0.717) is 19.0 Å². The fourth-order valence-corrected chi connectivity index (χ4v) is 1.40. The van der Waals surface area contributed by atoms with E-state index in [1.807, 2.05) is 13.8 Å². The molecule has 0 aromatic carbocycles. The SMILES string of the molecule is CC(C)OCCN(C)c1ncccc1C(=O)O. The largest absolute Gasteiger partial charge is 0.478 e. The van der Waals surface area contributed by atoms with Gasteiger partial charge in [0.25, 0.3) is 0 Å². The van der Waals surface area contributed by atoms with Gasteiger partial charge in [-0.1, -0.05) is 0 Å². The highest BCUT2D eigenvalue weighted by Gasteiger charge is 2.13.